The van der Waals surface area contributed by atoms with Gasteiger partial charge < -0.3 is 15.6 Å². The molecular formula is C9H15N3O2. The minimum atomic E-state index is -0.442. The molecule has 3 N–H and O–H groups in total. The summed E-state index contributed by atoms with van der Waals surface area (Å²) >= 11 is 0. The molecule has 1 rings (SSSR count). The van der Waals surface area contributed by atoms with Crippen LogP contribution in [-0.4, -0.2) is 17.1 Å². The number of amides is 1. The largest absolute Gasteiger partial charge is 0.361 e. The van der Waals surface area contributed by atoms with Gasteiger partial charge in [0.05, 0.1) is 12.6 Å². The first-order valence-electron chi connectivity index (χ1n) is 4.59. The van der Waals surface area contributed by atoms with Crippen LogP contribution in [0.1, 0.15) is 24.8 Å². The lowest BCUT2D eigenvalue weighted by Crippen LogP contribution is -2.39. The standard InChI is InChI=1S/C9H15N3O2/c1-3-8(10)9(13)11-5-7-4-6(2)14-12-7/h4,8H,3,5,10H2,1-2H3,(H,11,13). The maximum Gasteiger partial charge on any atom is 0.237 e. The monoisotopic (exact) mass is 197 g/mol. The van der Waals surface area contributed by atoms with E-state index in [9.17, 15) is 4.79 Å². The molecule has 0 radical (unpaired) electrons. The van der Waals surface area contributed by atoms with E-state index in [1.54, 1.807) is 13.0 Å². The second-order valence-corrected chi connectivity index (χ2v) is 3.16. The Morgan fingerprint density at radius 1 is 1.79 bits per heavy atom. The van der Waals surface area contributed by atoms with Crippen molar-refractivity contribution < 1.29 is 9.32 Å². The van der Waals surface area contributed by atoms with E-state index >= 15 is 0 Å². The fourth-order valence-electron chi connectivity index (χ4n) is 0.995. The quantitative estimate of drug-likeness (QED) is 0.729. The Balaban J connectivity index is 2.37. The number of carbonyl (C=O) groups is 1. The van der Waals surface area contributed by atoms with Gasteiger partial charge in [-0.1, -0.05) is 12.1 Å². The number of rotatable bonds is 4. The molecule has 14 heavy (non-hydrogen) atoms. The van der Waals surface area contributed by atoms with E-state index in [1.165, 1.54) is 0 Å². The SMILES string of the molecule is CCC(N)C(=O)NCc1cc(C)on1. The summed E-state index contributed by atoms with van der Waals surface area (Å²) in [6, 6.07) is 1.33. The summed E-state index contributed by atoms with van der Waals surface area (Å²) in [5.74, 6) is 0.571. The lowest BCUT2D eigenvalue weighted by atomic mass is 10.2. The second kappa shape index (κ2) is 4.76. The molecule has 5 nitrogen and oxygen atoms in total. The lowest BCUT2D eigenvalue weighted by molar-refractivity contribution is -0.122. The van der Waals surface area contributed by atoms with Crippen molar-refractivity contribution in [1.29, 1.82) is 0 Å². The predicted molar refractivity (Wildman–Crippen MR) is 51.4 cm³/mol. The topological polar surface area (TPSA) is 81.2 Å². The van der Waals surface area contributed by atoms with Gasteiger partial charge in [0.15, 0.2) is 0 Å². The number of hydrogen-bond acceptors (Lipinski definition) is 4. The minimum absolute atomic E-state index is 0.159. The fourth-order valence-corrected chi connectivity index (χ4v) is 0.995. The molecule has 1 aromatic rings. The highest BCUT2D eigenvalue weighted by Crippen LogP contribution is 2.00. The molecule has 5 heteroatoms. The first-order valence-corrected chi connectivity index (χ1v) is 4.59. The van der Waals surface area contributed by atoms with Crippen LogP contribution in [0.15, 0.2) is 10.6 Å². The molecule has 1 aromatic heterocycles. The summed E-state index contributed by atoms with van der Waals surface area (Å²) in [6.45, 7) is 4.03. The molecule has 0 bridgehead atoms. The van der Waals surface area contributed by atoms with Crippen LogP contribution in [0.5, 0.6) is 0 Å². The third kappa shape index (κ3) is 2.85. The number of carbonyl (C=O) groups excluding carboxylic acids is 1. The highest BCUT2D eigenvalue weighted by molar-refractivity contribution is 5.81. The van der Waals surface area contributed by atoms with Gasteiger partial charge in [0.1, 0.15) is 11.5 Å². The zero-order valence-electron chi connectivity index (χ0n) is 8.41. The zero-order valence-corrected chi connectivity index (χ0v) is 8.41. The van der Waals surface area contributed by atoms with Crippen LogP contribution in [0.4, 0.5) is 0 Å². The maximum absolute atomic E-state index is 11.3. The summed E-state index contributed by atoms with van der Waals surface area (Å²) in [4.78, 5) is 11.3. The third-order valence-corrected chi connectivity index (χ3v) is 1.90. The summed E-state index contributed by atoms with van der Waals surface area (Å²) in [6.07, 6.45) is 0.629. The molecule has 0 aliphatic carbocycles. The first-order chi connectivity index (χ1) is 6.63. The molecule has 0 fully saturated rings. The average Bonchev–Trinajstić information content (AvgIpc) is 2.59. The van der Waals surface area contributed by atoms with Gasteiger partial charge in [-0.2, -0.15) is 0 Å². The van der Waals surface area contributed by atoms with Crippen LogP contribution in [-0.2, 0) is 11.3 Å². The van der Waals surface area contributed by atoms with Crippen LogP contribution in [0.3, 0.4) is 0 Å². The third-order valence-electron chi connectivity index (χ3n) is 1.90. The maximum atomic E-state index is 11.3. The van der Waals surface area contributed by atoms with Gasteiger partial charge in [0.2, 0.25) is 5.91 Å². The minimum Gasteiger partial charge on any atom is -0.361 e. The van der Waals surface area contributed by atoms with E-state index in [-0.39, 0.29) is 5.91 Å². The van der Waals surface area contributed by atoms with Crippen molar-refractivity contribution in [3.05, 3.63) is 17.5 Å². The van der Waals surface area contributed by atoms with E-state index in [4.69, 9.17) is 10.3 Å². The molecule has 1 atom stereocenters. The molecule has 0 aliphatic heterocycles. The second-order valence-electron chi connectivity index (χ2n) is 3.16. The van der Waals surface area contributed by atoms with Crippen molar-refractivity contribution in [2.75, 3.05) is 0 Å². The molecule has 1 unspecified atom stereocenters. The summed E-state index contributed by atoms with van der Waals surface area (Å²) in [5.41, 5.74) is 6.24. The Morgan fingerprint density at radius 2 is 2.50 bits per heavy atom. The Hall–Kier alpha value is -1.36. The van der Waals surface area contributed by atoms with Gasteiger partial charge >= 0.3 is 0 Å². The number of nitrogens with zero attached hydrogens (tertiary/aromatic N) is 1. The molecule has 78 valence electrons. The van der Waals surface area contributed by atoms with Crippen LogP contribution in [0.25, 0.3) is 0 Å². The average molecular weight is 197 g/mol. The molecule has 0 aromatic carbocycles. The van der Waals surface area contributed by atoms with Crippen molar-refractivity contribution in [1.82, 2.24) is 10.5 Å². The van der Waals surface area contributed by atoms with Crippen LogP contribution in [0, 0.1) is 6.92 Å². The van der Waals surface area contributed by atoms with Crippen LogP contribution in [0.2, 0.25) is 0 Å². The van der Waals surface area contributed by atoms with E-state index in [2.05, 4.69) is 10.5 Å². The molecule has 0 saturated carbocycles. The highest BCUT2D eigenvalue weighted by atomic mass is 16.5. The van der Waals surface area contributed by atoms with E-state index in [1.807, 2.05) is 6.92 Å². The van der Waals surface area contributed by atoms with Gasteiger partial charge in [0, 0.05) is 6.07 Å². The Bertz CT molecular complexity index is 309. The van der Waals surface area contributed by atoms with Gasteiger partial charge in [-0.15, -0.1) is 0 Å². The summed E-state index contributed by atoms with van der Waals surface area (Å²) in [7, 11) is 0. The predicted octanol–water partition coefficient (Wildman–Crippen LogP) is 0.337. The first kappa shape index (κ1) is 10.7. The molecule has 1 amide bonds. The van der Waals surface area contributed by atoms with Crippen molar-refractivity contribution in [3.8, 4) is 0 Å². The van der Waals surface area contributed by atoms with Gasteiger partial charge in [-0.25, -0.2) is 0 Å². The Labute approximate surface area is 82.6 Å². The number of aryl methyl sites for hydroxylation is 1. The molecular weight excluding hydrogens is 182 g/mol. The smallest absolute Gasteiger partial charge is 0.237 e. The zero-order chi connectivity index (χ0) is 10.6. The van der Waals surface area contributed by atoms with Crippen LogP contribution < -0.4 is 11.1 Å². The normalized spacial score (nSPS) is 12.5. The lowest BCUT2D eigenvalue weighted by Gasteiger charge is -2.07. The Kier molecular flexibility index (Phi) is 3.64. The van der Waals surface area contributed by atoms with Crippen molar-refractivity contribution in [2.45, 2.75) is 32.9 Å². The number of nitrogens with two attached hydrogens (primary N) is 1. The van der Waals surface area contributed by atoms with Crippen molar-refractivity contribution in [2.24, 2.45) is 5.73 Å². The molecule has 1 heterocycles. The van der Waals surface area contributed by atoms with Crippen molar-refractivity contribution >= 4 is 5.91 Å². The highest BCUT2D eigenvalue weighted by Gasteiger charge is 2.10. The number of hydrogen-bond donors (Lipinski definition) is 2. The van der Waals surface area contributed by atoms with Gasteiger partial charge in [-0.05, 0) is 13.3 Å². The van der Waals surface area contributed by atoms with Gasteiger partial charge in [-0.3, -0.25) is 4.79 Å². The molecule has 0 aliphatic rings. The fraction of sp³-hybridized carbons (Fsp3) is 0.556. The number of nitrogens with one attached hydrogen (secondary N) is 1. The molecule has 0 saturated heterocycles. The Morgan fingerprint density at radius 3 is 3.00 bits per heavy atom. The summed E-state index contributed by atoms with van der Waals surface area (Å²) in [5, 5.41) is 6.42. The molecule has 0 spiro atoms. The van der Waals surface area contributed by atoms with E-state index in [0.29, 0.717) is 18.7 Å². The van der Waals surface area contributed by atoms with Gasteiger partial charge in [0.25, 0.3) is 0 Å². The van der Waals surface area contributed by atoms with Crippen LogP contribution >= 0.6 is 0 Å². The van der Waals surface area contributed by atoms with E-state index < -0.39 is 6.04 Å². The summed E-state index contributed by atoms with van der Waals surface area (Å²) < 4.78 is 4.85. The van der Waals surface area contributed by atoms with E-state index in [0.717, 1.165) is 5.76 Å². The van der Waals surface area contributed by atoms with Crippen molar-refractivity contribution in [3.63, 3.8) is 0 Å². The number of aromatic nitrogens is 1.